The largest absolute Gasteiger partial charge is 0.339 e. The van der Waals surface area contributed by atoms with Crippen LogP contribution in [-0.4, -0.2) is 38.6 Å². The van der Waals surface area contributed by atoms with Crippen LogP contribution in [0.5, 0.6) is 0 Å². The maximum absolute atomic E-state index is 13.0. The topological polar surface area (TPSA) is 66.5 Å². The van der Waals surface area contributed by atoms with E-state index in [1.54, 1.807) is 11.0 Å². The highest BCUT2D eigenvalue weighted by Crippen LogP contribution is 2.26. The quantitative estimate of drug-likeness (QED) is 0.722. The lowest BCUT2D eigenvalue weighted by Gasteiger charge is -2.27. The number of piperidine rings is 1. The van der Waals surface area contributed by atoms with Crippen molar-refractivity contribution in [2.75, 3.05) is 19.3 Å². The van der Waals surface area contributed by atoms with E-state index in [0.717, 1.165) is 24.2 Å². The number of carbonyl (C=O) groups is 1. The van der Waals surface area contributed by atoms with Gasteiger partial charge in [0.05, 0.1) is 10.5 Å². The smallest absolute Gasteiger partial charge is 0.255 e. The van der Waals surface area contributed by atoms with Gasteiger partial charge in [-0.05, 0) is 61.4 Å². The summed E-state index contributed by atoms with van der Waals surface area (Å²) < 4.78 is 40.9. The summed E-state index contributed by atoms with van der Waals surface area (Å²) in [5, 5.41) is 0. The highest BCUT2D eigenvalue weighted by atomic mass is 32.2. The number of halogens is 1. The van der Waals surface area contributed by atoms with Gasteiger partial charge in [0.2, 0.25) is 10.0 Å². The van der Waals surface area contributed by atoms with E-state index in [-0.39, 0.29) is 23.2 Å². The van der Waals surface area contributed by atoms with Gasteiger partial charge < -0.3 is 4.90 Å². The van der Waals surface area contributed by atoms with E-state index in [0.29, 0.717) is 24.2 Å². The van der Waals surface area contributed by atoms with Gasteiger partial charge in [0.15, 0.2) is 0 Å². The number of nitrogens with zero attached hydrogens (tertiary/aromatic N) is 1. The summed E-state index contributed by atoms with van der Waals surface area (Å²) in [4.78, 5) is 15.5. The standard InChI is InChI=1S/C20H23FN2O3S2/c1-27-19-10-9-17(13-18(19)20(24)23-11-3-2-4-12-23)28(25,26)22-14-15-5-7-16(21)8-6-15/h5-10,13,22H,2-4,11-12,14H2,1H3. The lowest BCUT2D eigenvalue weighted by Crippen LogP contribution is -2.36. The maximum atomic E-state index is 13.0. The monoisotopic (exact) mass is 422 g/mol. The maximum Gasteiger partial charge on any atom is 0.255 e. The Kier molecular flexibility index (Phi) is 6.74. The molecule has 0 spiro atoms. The van der Waals surface area contributed by atoms with Gasteiger partial charge >= 0.3 is 0 Å². The molecule has 2 aromatic carbocycles. The lowest BCUT2D eigenvalue weighted by atomic mass is 10.1. The number of rotatable bonds is 6. The molecule has 0 aromatic heterocycles. The highest BCUT2D eigenvalue weighted by molar-refractivity contribution is 7.98. The summed E-state index contributed by atoms with van der Waals surface area (Å²) in [6, 6.07) is 10.3. The van der Waals surface area contributed by atoms with E-state index in [1.807, 2.05) is 6.26 Å². The minimum absolute atomic E-state index is 0.0439. The van der Waals surface area contributed by atoms with Crippen molar-refractivity contribution in [3.05, 3.63) is 59.4 Å². The Bertz CT molecular complexity index is 940. The molecule has 5 nitrogen and oxygen atoms in total. The van der Waals surface area contributed by atoms with Crippen LogP contribution in [0.1, 0.15) is 35.2 Å². The Hall–Kier alpha value is -1.90. The second-order valence-electron chi connectivity index (χ2n) is 6.67. The van der Waals surface area contributed by atoms with Gasteiger partial charge in [-0.1, -0.05) is 12.1 Å². The molecule has 0 unspecified atom stereocenters. The second kappa shape index (κ2) is 9.07. The zero-order valence-corrected chi connectivity index (χ0v) is 17.3. The average Bonchev–Trinajstić information content (AvgIpc) is 2.73. The minimum atomic E-state index is -3.80. The Labute approximate surface area is 169 Å². The molecule has 0 atom stereocenters. The normalized spacial score (nSPS) is 14.9. The molecule has 0 aliphatic carbocycles. The summed E-state index contributed by atoms with van der Waals surface area (Å²) in [6.45, 7) is 1.45. The molecule has 28 heavy (non-hydrogen) atoms. The third-order valence-corrected chi connectivity index (χ3v) is 6.93. The van der Waals surface area contributed by atoms with E-state index in [2.05, 4.69) is 4.72 Å². The minimum Gasteiger partial charge on any atom is -0.339 e. The Morgan fingerprint density at radius 2 is 1.79 bits per heavy atom. The summed E-state index contributed by atoms with van der Waals surface area (Å²) in [5.74, 6) is -0.500. The first-order valence-corrected chi connectivity index (χ1v) is 11.8. The number of likely N-dealkylation sites (tertiary alicyclic amines) is 1. The first-order chi connectivity index (χ1) is 13.4. The average molecular weight is 423 g/mol. The van der Waals surface area contributed by atoms with Crippen molar-refractivity contribution in [1.29, 1.82) is 0 Å². The first-order valence-electron chi connectivity index (χ1n) is 9.12. The van der Waals surface area contributed by atoms with E-state index in [9.17, 15) is 17.6 Å². The third-order valence-electron chi connectivity index (χ3n) is 4.73. The molecular formula is C20H23FN2O3S2. The number of nitrogens with one attached hydrogen (secondary N) is 1. The molecule has 1 heterocycles. The van der Waals surface area contributed by atoms with E-state index < -0.39 is 10.0 Å². The second-order valence-corrected chi connectivity index (χ2v) is 9.28. The van der Waals surface area contributed by atoms with E-state index in [4.69, 9.17) is 0 Å². The van der Waals surface area contributed by atoms with E-state index in [1.165, 1.54) is 48.2 Å². The number of benzene rings is 2. The van der Waals surface area contributed by atoms with Gasteiger partial charge in [0, 0.05) is 24.5 Å². The summed E-state index contributed by atoms with van der Waals surface area (Å²) in [7, 11) is -3.80. The van der Waals surface area contributed by atoms with Crippen molar-refractivity contribution in [3.8, 4) is 0 Å². The molecule has 0 radical (unpaired) electrons. The number of amides is 1. The Morgan fingerprint density at radius 1 is 1.11 bits per heavy atom. The van der Waals surface area contributed by atoms with Crippen molar-refractivity contribution < 1.29 is 17.6 Å². The number of hydrogen-bond acceptors (Lipinski definition) is 4. The summed E-state index contributed by atoms with van der Waals surface area (Å²) >= 11 is 1.42. The van der Waals surface area contributed by atoms with Crippen LogP contribution in [-0.2, 0) is 16.6 Å². The van der Waals surface area contributed by atoms with Gasteiger partial charge in [-0.2, -0.15) is 0 Å². The van der Waals surface area contributed by atoms with Gasteiger partial charge in [-0.3, -0.25) is 4.79 Å². The molecule has 1 amide bonds. The molecular weight excluding hydrogens is 399 g/mol. The molecule has 150 valence electrons. The Morgan fingerprint density at radius 3 is 2.43 bits per heavy atom. The van der Waals surface area contributed by atoms with Crippen LogP contribution < -0.4 is 4.72 Å². The van der Waals surface area contributed by atoms with Crippen LogP contribution in [0.2, 0.25) is 0 Å². The Balaban J connectivity index is 1.82. The predicted molar refractivity (Wildman–Crippen MR) is 108 cm³/mol. The van der Waals surface area contributed by atoms with E-state index >= 15 is 0 Å². The molecule has 2 aromatic rings. The zero-order chi connectivity index (χ0) is 20.1. The molecule has 8 heteroatoms. The van der Waals surface area contributed by atoms with Crippen LogP contribution in [0.3, 0.4) is 0 Å². The zero-order valence-electron chi connectivity index (χ0n) is 15.7. The number of carbonyl (C=O) groups excluding carboxylic acids is 1. The fourth-order valence-electron chi connectivity index (χ4n) is 3.15. The number of thioether (sulfide) groups is 1. The van der Waals surface area contributed by atoms with Crippen LogP contribution in [0.15, 0.2) is 52.3 Å². The lowest BCUT2D eigenvalue weighted by molar-refractivity contribution is 0.0720. The van der Waals surface area contributed by atoms with Crippen molar-refractivity contribution in [2.45, 2.75) is 35.6 Å². The molecule has 0 saturated carbocycles. The van der Waals surface area contributed by atoms with Crippen LogP contribution in [0, 0.1) is 5.82 Å². The van der Waals surface area contributed by atoms with Crippen LogP contribution >= 0.6 is 11.8 Å². The van der Waals surface area contributed by atoms with Crippen LogP contribution in [0.25, 0.3) is 0 Å². The number of sulfonamides is 1. The SMILES string of the molecule is CSc1ccc(S(=O)(=O)NCc2ccc(F)cc2)cc1C(=O)N1CCCCC1. The fourth-order valence-corrected chi connectivity index (χ4v) is 4.77. The van der Waals surface area contributed by atoms with Gasteiger partial charge in [0.1, 0.15) is 5.82 Å². The molecule has 0 bridgehead atoms. The van der Waals surface area contributed by atoms with Crippen LogP contribution in [0.4, 0.5) is 4.39 Å². The number of hydrogen-bond donors (Lipinski definition) is 1. The summed E-state index contributed by atoms with van der Waals surface area (Å²) in [5.41, 5.74) is 1.06. The highest BCUT2D eigenvalue weighted by Gasteiger charge is 2.23. The van der Waals surface area contributed by atoms with Crippen molar-refractivity contribution >= 4 is 27.7 Å². The van der Waals surface area contributed by atoms with Crippen molar-refractivity contribution in [3.63, 3.8) is 0 Å². The summed E-state index contributed by atoms with van der Waals surface area (Å²) in [6.07, 6.45) is 4.92. The molecule has 1 N–H and O–H groups in total. The molecule has 1 aliphatic heterocycles. The first kappa shape index (κ1) is 20.8. The molecule has 1 aliphatic rings. The molecule has 1 saturated heterocycles. The van der Waals surface area contributed by atoms with Gasteiger partial charge in [0.25, 0.3) is 5.91 Å². The third kappa shape index (κ3) is 4.92. The molecule has 3 rings (SSSR count). The predicted octanol–water partition coefficient (Wildman–Crippen LogP) is 3.65. The van der Waals surface area contributed by atoms with Gasteiger partial charge in [-0.15, -0.1) is 11.8 Å². The van der Waals surface area contributed by atoms with Crippen molar-refractivity contribution in [1.82, 2.24) is 9.62 Å². The van der Waals surface area contributed by atoms with Gasteiger partial charge in [-0.25, -0.2) is 17.5 Å². The molecule has 1 fully saturated rings. The fraction of sp³-hybridized carbons (Fsp3) is 0.350. The van der Waals surface area contributed by atoms with Crippen molar-refractivity contribution in [2.24, 2.45) is 0 Å².